The maximum Gasteiger partial charge on any atom is 0.311 e. The van der Waals surface area contributed by atoms with Crippen LogP contribution in [0.2, 0.25) is 0 Å². The van der Waals surface area contributed by atoms with Gasteiger partial charge in [-0.25, -0.2) is 0 Å². The summed E-state index contributed by atoms with van der Waals surface area (Å²) in [5.74, 6) is -0.338. The van der Waals surface area contributed by atoms with Crippen LogP contribution in [0, 0.1) is 11.3 Å². The molecule has 1 aliphatic carbocycles. The van der Waals surface area contributed by atoms with Gasteiger partial charge in [0.15, 0.2) is 0 Å². The Labute approximate surface area is 129 Å². The number of aliphatic carboxylic acids is 1. The lowest BCUT2D eigenvalue weighted by atomic mass is 9.71. The number of aryl methyl sites for hydroxylation is 1. The van der Waals surface area contributed by atoms with E-state index >= 15 is 0 Å². The van der Waals surface area contributed by atoms with Crippen LogP contribution in [-0.4, -0.2) is 23.5 Å². The number of carbonyl (C=O) groups is 2. The van der Waals surface area contributed by atoms with Crippen molar-refractivity contribution in [2.75, 3.05) is 6.54 Å². The Hall–Kier alpha value is -1.36. The van der Waals surface area contributed by atoms with Crippen molar-refractivity contribution < 1.29 is 14.7 Å². The molecular weight excluding hydrogens is 286 g/mol. The molecule has 21 heavy (non-hydrogen) atoms. The number of thiophene rings is 1. The summed E-state index contributed by atoms with van der Waals surface area (Å²) in [4.78, 5) is 24.6. The molecule has 0 radical (unpaired) electrons. The van der Waals surface area contributed by atoms with E-state index in [-0.39, 0.29) is 12.5 Å². The van der Waals surface area contributed by atoms with E-state index in [0.29, 0.717) is 23.6 Å². The number of hydrogen-bond donors (Lipinski definition) is 2. The summed E-state index contributed by atoms with van der Waals surface area (Å²) < 4.78 is 0. The van der Waals surface area contributed by atoms with Gasteiger partial charge in [0.2, 0.25) is 0 Å². The molecule has 0 unspecified atom stereocenters. The van der Waals surface area contributed by atoms with E-state index in [4.69, 9.17) is 0 Å². The minimum atomic E-state index is -0.786. The lowest BCUT2D eigenvalue weighted by Gasteiger charge is -2.35. The highest BCUT2D eigenvalue weighted by molar-refractivity contribution is 7.12. The van der Waals surface area contributed by atoms with Gasteiger partial charge < -0.3 is 10.4 Å². The Bertz CT molecular complexity index is 515. The van der Waals surface area contributed by atoms with Crippen molar-refractivity contribution in [3.8, 4) is 0 Å². The first-order chi connectivity index (χ1) is 9.98. The van der Waals surface area contributed by atoms with E-state index < -0.39 is 11.4 Å². The van der Waals surface area contributed by atoms with Crippen LogP contribution in [0.15, 0.2) is 11.4 Å². The topological polar surface area (TPSA) is 66.4 Å². The second kappa shape index (κ2) is 6.60. The normalized spacial score (nSPS) is 25.5. The Kier molecular flexibility index (Phi) is 5.04. The fraction of sp³-hybridized carbons (Fsp3) is 0.625. The molecule has 2 rings (SSSR count). The fourth-order valence-electron chi connectivity index (χ4n) is 2.92. The standard InChI is InChI=1S/C16H23NO3S/c1-3-12-6-9-21-13(12)14(18)17-10-16(15(19)20)7-4-11(2)5-8-16/h6,9,11H,3-5,7-8,10H2,1-2H3,(H,17,18)(H,19,20). The smallest absolute Gasteiger partial charge is 0.311 e. The molecule has 0 atom stereocenters. The van der Waals surface area contributed by atoms with E-state index in [9.17, 15) is 14.7 Å². The van der Waals surface area contributed by atoms with Gasteiger partial charge >= 0.3 is 5.97 Å². The molecule has 0 saturated heterocycles. The van der Waals surface area contributed by atoms with Crippen LogP contribution in [0.5, 0.6) is 0 Å². The molecule has 1 aromatic rings. The second-order valence-electron chi connectivity index (χ2n) is 6.08. The molecule has 5 heteroatoms. The van der Waals surface area contributed by atoms with Crippen LogP contribution in [0.4, 0.5) is 0 Å². The molecule has 1 saturated carbocycles. The Morgan fingerprint density at radius 2 is 2.10 bits per heavy atom. The minimum absolute atomic E-state index is 0.138. The summed E-state index contributed by atoms with van der Waals surface area (Å²) in [6, 6.07) is 1.95. The van der Waals surface area contributed by atoms with Crippen molar-refractivity contribution in [2.24, 2.45) is 11.3 Å². The molecule has 1 aromatic heterocycles. The minimum Gasteiger partial charge on any atom is -0.481 e. The average molecular weight is 309 g/mol. The zero-order chi connectivity index (χ0) is 15.5. The van der Waals surface area contributed by atoms with Crippen LogP contribution in [-0.2, 0) is 11.2 Å². The monoisotopic (exact) mass is 309 g/mol. The molecule has 0 bridgehead atoms. The maximum atomic E-state index is 12.3. The fourth-order valence-corrected chi connectivity index (χ4v) is 3.84. The summed E-state index contributed by atoms with van der Waals surface area (Å²) >= 11 is 1.42. The molecule has 2 N–H and O–H groups in total. The number of hydrogen-bond acceptors (Lipinski definition) is 3. The Morgan fingerprint density at radius 1 is 1.43 bits per heavy atom. The number of nitrogens with one attached hydrogen (secondary N) is 1. The predicted octanol–water partition coefficient (Wildman–Crippen LogP) is 3.32. The molecule has 0 aromatic carbocycles. The van der Waals surface area contributed by atoms with Gasteiger partial charge in [-0.15, -0.1) is 11.3 Å². The van der Waals surface area contributed by atoms with Crippen molar-refractivity contribution in [1.82, 2.24) is 5.32 Å². The van der Waals surface area contributed by atoms with E-state index in [1.165, 1.54) is 11.3 Å². The summed E-state index contributed by atoms with van der Waals surface area (Å²) in [6.07, 6.45) is 3.94. The highest BCUT2D eigenvalue weighted by Gasteiger charge is 2.41. The number of carboxylic acids is 1. The van der Waals surface area contributed by atoms with Crippen molar-refractivity contribution in [2.45, 2.75) is 46.0 Å². The second-order valence-corrected chi connectivity index (χ2v) is 7.00. The number of amides is 1. The highest BCUT2D eigenvalue weighted by Crippen LogP contribution is 2.38. The highest BCUT2D eigenvalue weighted by atomic mass is 32.1. The lowest BCUT2D eigenvalue weighted by molar-refractivity contribution is -0.151. The molecule has 1 aliphatic rings. The number of carbonyl (C=O) groups excluding carboxylic acids is 1. The summed E-state index contributed by atoms with van der Waals surface area (Å²) in [5.41, 5.74) is 0.241. The van der Waals surface area contributed by atoms with E-state index in [1.54, 1.807) is 0 Å². The summed E-state index contributed by atoms with van der Waals surface area (Å²) in [5, 5.41) is 14.3. The predicted molar refractivity (Wildman–Crippen MR) is 83.7 cm³/mol. The van der Waals surface area contributed by atoms with Gasteiger partial charge in [0.25, 0.3) is 5.91 Å². The van der Waals surface area contributed by atoms with Gasteiger partial charge in [0.05, 0.1) is 10.3 Å². The number of carboxylic acid groups (broad SMARTS) is 1. The first-order valence-corrected chi connectivity index (χ1v) is 8.44. The third kappa shape index (κ3) is 3.46. The first kappa shape index (κ1) is 16.0. The molecule has 1 fully saturated rings. The van der Waals surface area contributed by atoms with Crippen LogP contribution < -0.4 is 5.32 Å². The molecule has 1 heterocycles. The van der Waals surface area contributed by atoms with E-state index in [0.717, 1.165) is 24.8 Å². The summed E-state index contributed by atoms with van der Waals surface area (Å²) in [6.45, 7) is 4.40. The van der Waals surface area contributed by atoms with Crippen molar-refractivity contribution >= 4 is 23.2 Å². The van der Waals surface area contributed by atoms with E-state index in [1.807, 2.05) is 18.4 Å². The van der Waals surface area contributed by atoms with E-state index in [2.05, 4.69) is 12.2 Å². The SMILES string of the molecule is CCc1ccsc1C(=O)NCC1(C(=O)O)CCC(C)CC1. The molecular formula is C16H23NO3S. The number of rotatable bonds is 5. The molecule has 1 amide bonds. The third-order valence-corrected chi connectivity index (χ3v) is 5.56. The van der Waals surface area contributed by atoms with Gasteiger partial charge in [-0.2, -0.15) is 0 Å². The molecule has 0 spiro atoms. The average Bonchev–Trinajstić information content (AvgIpc) is 2.95. The van der Waals surface area contributed by atoms with Crippen molar-refractivity contribution in [3.63, 3.8) is 0 Å². The van der Waals surface area contributed by atoms with Crippen molar-refractivity contribution in [1.29, 1.82) is 0 Å². The summed E-state index contributed by atoms with van der Waals surface area (Å²) in [7, 11) is 0. The van der Waals surface area contributed by atoms with Crippen LogP contribution in [0.25, 0.3) is 0 Å². The Balaban J connectivity index is 2.02. The van der Waals surface area contributed by atoms with Crippen molar-refractivity contribution in [3.05, 3.63) is 21.9 Å². The maximum absolute atomic E-state index is 12.3. The van der Waals surface area contributed by atoms with Gasteiger partial charge in [0, 0.05) is 6.54 Å². The largest absolute Gasteiger partial charge is 0.481 e. The van der Waals surface area contributed by atoms with Gasteiger partial charge in [-0.05, 0) is 55.0 Å². The van der Waals surface area contributed by atoms with Gasteiger partial charge in [0.1, 0.15) is 0 Å². The third-order valence-electron chi connectivity index (χ3n) is 4.61. The quantitative estimate of drug-likeness (QED) is 0.877. The zero-order valence-electron chi connectivity index (χ0n) is 12.6. The van der Waals surface area contributed by atoms with Crippen LogP contribution in [0.3, 0.4) is 0 Å². The van der Waals surface area contributed by atoms with Crippen LogP contribution >= 0.6 is 11.3 Å². The molecule has 4 nitrogen and oxygen atoms in total. The first-order valence-electron chi connectivity index (χ1n) is 7.56. The lowest BCUT2D eigenvalue weighted by Crippen LogP contribution is -2.45. The molecule has 0 aliphatic heterocycles. The van der Waals surface area contributed by atoms with Gasteiger partial charge in [-0.3, -0.25) is 9.59 Å². The Morgan fingerprint density at radius 3 is 2.67 bits per heavy atom. The zero-order valence-corrected chi connectivity index (χ0v) is 13.5. The molecule has 116 valence electrons. The van der Waals surface area contributed by atoms with Gasteiger partial charge in [-0.1, -0.05) is 13.8 Å². The van der Waals surface area contributed by atoms with Crippen LogP contribution in [0.1, 0.15) is 54.8 Å².